The molecule has 1 saturated carbocycles. The van der Waals surface area contributed by atoms with Crippen LogP contribution in [0.2, 0.25) is 0 Å². The average molecular weight is 694 g/mol. The number of amides is 5. The lowest BCUT2D eigenvalue weighted by molar-refractivity contribution is -0.139. The molecule has 0 aromatic heterocycles. The molecule has 14 heteroatoms. The van der Waals surface area contributed by atoms with Gasteiger partial charge >= 0.3 is 7.60 Å². The first-order valence-corrected chi connectivity index (χ1v) is 18.1. The second-order valence-electron chi connectivity index (χ2n) is 12.6. The van der Waals surface area contributed by atoms with Crippen LogP contribution in [0, 0.1) is 0 Å². The number of primary amides is 1. The molecule has 0 bridgehead atoms. The summed E-state index contributed by atoms with van der Waals surface area (Å²) in [6.07, 6.45) is 2.32. The summed E-state index contributed by atoms with van der Waals surface area (Å²) in [5.74, 6) is -3.07. The number of rotatable bonds is 15. The predicted molar refractivity (Wildman–Crippen MR) is 184 cm³/mol. The van der Waals surface area contributed by atoms with Crippen LogP contribution in [0.15, 0.2) is 66.7 Å². The van der Waals surface area contributed by atoms with Crippen molar-refractivity contribution in [2.45, 2.75) is 82.1 Å². The number of hydrogen-bond donors (Lipinski definition) is 7. The zero-order valence-corrected chi connectivity index (χ0v) is 28.3. The Hall–Kier alpha value is -4.58. The molecule has 3 aromatic rings. The fourth-order valence-corrected chi connectivity index (χ4v) is 6.94. The molecule has 2 atom stereocenters. The quantitative estimate of drug-likeness (QED) is 0.117. The molecule has 1 fully saturated rings. The van der Waals surface area contributed by atoms with Crippen molar-refractivity contribution in [3.8, 4) is 0 Å². The maximum Gasteiger partial charge on any atom is 0.329 e. The predicted octanol–water partition coefficient (Wildman–Crippen LogP) is 2.10. The normalized spacial score (nSPS) is 15.4. The van der Waals surface area contributed by atoms with Gasteiger partial charge in [-0.25, -0.2) is 0 Å². The van der Waals surface area contributed by atoms with Crippen molar-refractivity contribution in [2.24, 2.45) is 5.73 Å². The van der Waals surface area contributed by atoms with Crippen LogP contribution in [0.5, 0.6) is 0 Å². The first-order chi connectivity index (χ1) is 23.2. The lowest BCUT2D eigenvalue weighted by atomic mass is 9.80. The minimum atomic E-state index is -4.26. The summed E-state index contributed by atoms with van der Waals surface area (Å²) in [5, 5.41) is 13.1. The molecule has 0 aliphatic heterocycles. The molecule has 0 radical (unpaired) electrons. The summed E-state index contributed by atoms with van der Waals surface area (Å²) in [4.78, 5) is 83.5. The van der Waals surface area contributed by atoms with E-state index in [0.717, 1.165) is 22.8 Å². The first-order valence-electron chi connectivity index (χ1n) is 16.3. The van der Waals surface area contributed by atoms with Crippen LogP contribution in [0.3, 0.4) is 0 Å². The molecule has 8 N–H and O–H groups in total. The van der Waals surface area contributed by atoms with Crippen LogP contribution in [-0.4, -0.2) is 63.5 Å². The SMILES string of the molecule is CC(=O)N[C@@H](Cc1ccc(CP(=O)(O)O)cc1)C(=O)NC1(C(=O)N[C@@H](CC(N)=O)C(=O)NCCc2cccc3ccccc23)CCCCC1. The summed E-state index contributed by atoms with van der Waals surface area (Å²) in [5.41, 5.74) is 6.12. The van der Waals surface area contributed by atoms with E-state index in [9.17, 15) is 38.3 Å². The average Bonchev–Trinajstić information content (AvgIpc) is 3.04. The van der Waals surface area contributed by atoms with Gasteiger partial charge in [-0.1, -0.05) is 86.0 Å². The lowest BCUT2D eigenvalue weighted by Gasteiger charge is -2.38. The van der Waals surface area contributed by atoms with Crippen LogP contribution >= 0.6 is 7.60 Å². The monoisotopic (exact) mass is 693 g/mol. The summed E-state index contributed by atoms with van der Waals surface area (Å²) >= 11 is 0. The number of carbonyl (C=O) groups excluding carboxylic acids is 5. The van der Waals surface area contributed by atoms with Gasteiger partial charge in [0.2, 0.25) is 29.5 Å². The second kappa shape index (κ2) is 16.7. The van der Waals surface area contributed by atoms with Crippen molar-refractivity contribution in [3.63, 3.8) is 0 Å². The second-order valence-corrected chi connectivity index (χ2v) is 14.2. The maximum atomic E-state index is 13.9. The molecule has 4 rings (SSSR count). The molecular formula is C35H44N5O8P. The Labute approximate surface area is 284 Å². The number of carbonyl (C=O) groups is 5. The van der Waals surface area contributed by atoms with E-state index >= 15 is 0 Å². The van der Waals surface area contributed by atoms with Gasteiger partial charge in [0.25, 0.3) is 0 Å². The van der Waals surface area contributed by atoms with Crippen LogP contribution in [0.1, 0.15) is 62.1 Å². The van der Waals surface area contributed by atoms with E-state index < -0.39 is 67.3 Å². The standard InChI is InChI=1S/C35H44N5O8P/c1-23(41)38-29(20-24-12-14-25(15-13-24)22-49(46,47)48)33(44)40-35(17-5-2-6-18-35)34(45)39-30(21-31(36)42)32(43)37-19-16-27-10-7-9-26-8-3-4-11-28(26)27/h3-4,7-15,29-30H,2,5-6,16-22H2,1H3,(H2,36,42)(H,37,43)(H,38,41)(H,39,45)(H,40,44)(H2,46,47,48)/t29-,30-/m0/s1. The number of nitrogens with two attached hydrogens (primary N) is 1. The highest BCUT2D eigenvalue weighted by atomic mass is 31.2. The zero-order valence-electron chi connectivity index (χ0n) is 27.4. The molecule has 1 aliphatic carbocycles. The highest BCUT2D eigenvalue weighted by molar-refractivity contribution is 7.50. The van der Waals surface area contributed by atoms with Crippen LogP contribution < -0.4 is 27.0 Å². The lowest BCUT2D eigenvalue weighted by Crippen LogP contribution is -2.65. The van der Waals surface area contributed by atoms with Crippen molar-refractivity contribution in [2.75, 3.05) is 6.54 Å². The summed E-state index contributed by atoms with van der Waals surface area (Å²) < 4.78 is 11.4. The van der Waals surface area contributed by atoms with Crippen molar-refractivity contribution in [1.29, 1.82) is 0 Å². The first kappa shape index (κ1) is 37.2. The van der Waals surface area contributed by atoms with Gasteiger partial charge in [0, 0.05) is 19.9 Å². The molecule has 262 valence electrons. The highest BCUT2D eigenvalue weighted by Gasteiger charge is 2.43. The minimum absolute atomic E-state index is 0.0444. The van der Waals surface area contributed by atoms with Crippen LogP contribution in [-0.2, 0) is 47.5 Å². The van der Waals surface area contributed by atoms with E-state index in [1.54, 1.807) is 24.3 Å². The highest BCUT2D eigenvalue weighted by Crippen LogP contribution is 2.39. The van der Waals surface area contributed by atoms with Gasteiger partial charge in [0.1, 0.15) is 17.6 Å². The van der Waals surface area contributed by atoms with Gasteiger partial charge in [-0.05, 0) is 46.7 Å². The molecule has 1 aliphatic rings. The van der Waals surface area contributed by atoms with Gasteiger partial charge in [-0.15, -0.1) is 0 Å². The minimum Gasteiger partial charge on any atom is -0.370 e. The van der Waals surface area contributed by atoms with Crippen LogP contribution in [0.4, 0.5) is 0 Å². The molecule has 5 amide bonds. The Morgan fingerprint density at radius 3 is 2.14 bits per heavy atom. The third-order valence-corrected chi connectivity index (χ3v) is 9.43. The Morgan fingerprint density at radius 2 is 1.49 bits per heavy atom. The van der Waals surface area contributed by atoms with Gasteiger partial charge < -0.3 is 36.8 Å². The van der Waals surface area contributed by atoms with E-state index in [-0.39, 0.29) is 25.8 Å². The fourth-order valence-electron chi connectivity index (χ4n) is 6.26. The van der Waals surface area contributed by atoms with Gasteiger partial charge in [0.05, 0.1) is 12.6 Å². The van der Waals surface area contributed by atoms with Crippen molar-refractivity contribution >= 4 is 47.9 Å². The van der Waals surface area contributed by atoms with E-state index in [0.29, 0.717) is 30.4 Å². The molecule has 3 aromatic carbocycles. The molecule has 0 heterocycles. The number of benzene rings is 3. The summed E-state index contributed by atoms with van der Waals surface area (Å²) in [6, 6.07) is 17.8. The Morgan fingerprint density at radius 1 is 0.837 bits per heavy atom. The molecule has 0 spiro atoms. The van der Waals surface area contributed by atoms with E-state index in [1.165, 1.54) is 6.92 Å². The van der Waals surface area contributed by atoms with Crippen LogP contribution in [0.25, 0.3) is 10.8 Å². The Balaban J connectivity index is 1.46. The molecule has 0 unspecified atom stereocenters. The molecule has 0 saturated heterocycles. The molecular weight excluding hydrogens is 649 g/mol. The van der Waals surface area contributed by atoms with Gasteiger partial charge in [-0.2, -0.15) is 0 Å². The number of hydrogen-bond acceptors (Lipinski definition) is 6. The number of nitrogens with one attached hydrogen (secondary N) is 4. The fraction of sp³-hybridized carbons (Fsp3) is 0.400. The van der Waals surface area contributed by atoms with E-state index in [1.807, 2.05) is 42.5 Å². The van der Waals surface area contributed by atoms with Crippen molar-refractivity contribution in [3.05, 3.63) is 83.4 Å². The number of fused-ring (bicyclic) bond motifs is 1. The third kappa shape index (κ3) is 11.0. The van der Waals surface area contributed by atoms with E-state index in [2.05, 4.69) is 21.3 Å². The summed E-state index contributed by atoms with van der Waals surface area (Å²) in [6.45, 7) is 1.51. The molecule has 13 nitrogen and oxygen atoms in total. The Kier molecular flexibility index (Phi) is 12.7. The largest absolute Gasteiger partial charge is 0.370 e. The van der Waals surface area contributed by atoms with E-state index in [4.69, 9.17) is 5.73 Å². The molecule has 49 heavy (non-hydrogen) atoms. The van der Waals surface area contributed by atoms with Gasteiger partial charge in [-0.3, -0.25) is 28.5 Å². The van der Waals surface area contributed by atoms with Crippen molar-refractivity contribution < 1.29 is 38.3 Å². The third-order valence-electron chi connectivity index (χ3n) is 8.65. The van der Waals surface area contributed by atoms with Gasteiger partial charge in [0.15, 0.2) is 0 Å². The summed E-state index contributed by atoms with van der Waals surface area (Å²) in [7, 11) is -4.26. The smallest absolute Gasteiger partial charge is 0.329 e. The van der Waals surface area contributed by atoms with Crippen molar-refractivity contribution in [1.82, 2.24) is 21.3 Å². The maximum absolute atomic E-state index is 13.9. The Bertz CT molecular complexity index is 1710. The topological polar surface area (TPSA) is 217 Å². The zero-order chi connectivity index (χ0) is 35.6.